The van der Waals surface area contributed by atoms with Crippen LogP contribution in [0.2, 0.25) is 0 Å². The minimum Gasteiger partial charge on any atom is -0.378 e. The number of carbonyl (C=O) groups excluding carboxylic acids is 2. The number of hydrogen-bond acceptors (Lipinski definition) is 4. The summed E-state index contributed by atoms with van der Waals surface area (Å²) >= 11 is 0. The van der Waals surface area contributed by atoms with Crippen molar-refractivity contribution in [2.24, 2.45) is 0 Å². The van der Waals surface area contributed by atoms with E-state index in [-0.39, 0.29) is 11.8 Å². The van der Waals surface area contributed by atoms with Crippen LogP contribution in [0.5, 0.6) is 0 Å². The average molecular weight is 480 g/mol. The van der Waals surface area contributed by atoms with Gasteiger partial charge in [0.2, 0.25) is 5.91 Å². The van der Waals surface area contributed by atoms with E-state index in [0.29, 0.717) is 38.3 Å². The van der Waals surface area contributed by atoms with E-state index in [4.69, 9.17) is 4.74 Å². The van der Waals surface area contributed by atoms with Crippen LogP contribution in [0.3, 0.4) is 0 Å². The molecule has 0 atom stereocenters. The van der Waals surface area contributed by atoms with Crippen LogP contribution in [0.1, 0.15) is 43.8 Å². The number of benzene rings is 3. The Kier molecular flexibility index (Phi) is 5.19. The number of morpholine rings is 1. The standard InChI is InChI=1S/C30H29N3O3/c34-27-9-7-21-16-23-19-31(18-20-4-2-1-3-5-20)11-10-24(23)28-25-17-22(6-8-26(25)33(27)29(21)28)30(35)32-12-14-36-15-13-32/h1-6,8,16-17H,7,9-15,18-19H2. The zero-order valence-corrected chi connectivity index (χ0v) is 20.3. The molecule has 4 heterocycles. The normalized spacial score (nSPS) is 18.1. The van der Waals surface area contributed by atoms with Crippen molar-refractivity contribution in [1.29, 1.82) is 0 Å². The van der Waals surface area contributed by atoms with Crippen LogP contribution < -0.4 is 0 Å². The van der Waals surface area contributed by atoms with Crippen LogP contribution in [-0.4, -0.2) is 59.0 Å². The molecule has 6 nitrogen and oxygen atoms in total. The highest BCUT2D eigenvalue weighted by Crippen LogP contribution is 2.41. The molecule has 0 spiro atoms. The van der Waals surface area contributed by atoms with E-state index in [1.165, 1.54) is 27.6 Å². The van der Waals surface area contributed by atoms with Gasteiger partial charge in [0, 0.05) is 55.5 Å². The Bertz CT molecular complexity index is 1520. The van der Waals surface area contributed by atoms with Crippen LogP contribution in [0.4, 0.5) is 0 Å². The number of ether oxygens (including phenoxy) is 1. The SMILES string of the molecule is O=C(c1ccc2c(c1)c1c3c(cc4c1n2C(=O)CC4)CN(Cc1ccccc1)CC3)N1CCOCC1. The Morgan fingerprint density at radius 3 is 2.56 bits per heavy atom. The summed E-state index contributed by atoms with van der Waals surface area (Å²) in [4.78, 5) is 30.8. The molecule has 1 fully saturated rings. The lowest BCUT2D eigenvalue weighted by atomic mass is 9.89. The lowest BCUT2D eigenvalue weighted by Crippen LogP contribution is -2.40. The van der Waals surface area contributed by atoms with E-state index < -0.39 is 0 Å². The lowest BCUT2D eigenvalue weighted by Gasteiger charge is -2.30. The highest BCUT2D eigenvalue weighted by Gasteiger charge is 2.29. The highest BCUT2D eigenvalue weighted by molar-refractivity contribution is 6.18. The molecule has 1 aromatic heterocycles. The predicted molar refractivity (Wildman–Crippen MR) is 139 cm³/mol. The van der Waals surface area contributed by atoms with Gasteiger partial charge in [0.1, 0.15) is 0 Å². The van der Waals surface area contributed by atoms with Gasteiger partial charge in [-0.15, -0.1) is 0 Å². The minimum atomic E-state index is 0.0429. The molecule has 1 amide bonds. The molecule has 0 saturated carbocycles. The van der Waals surface area contributed by atoms with Crippen molar-refractivity contribution in [2.45, 2.75) is 32.4 Å². The number of carbonyl (C=O) groups is 2. The number of nitrogens with zero attached hydrogens (tertiary/aromatic N) is 3. The van der Waals surface area contributed by atoms with Crippen molar-refractivity contribution in [1.82, 2.24) is 14.4 Å². The van der Waals surface area contributed by atoms with E-state index in [2.05, 4.69) is 41.3 Å². The smallest absolute Gasteiger partial charge is 0.254 e. The maximum atomic E-state index is 13.3. The molecule has 3 aliphatic rings. The van der Waals surface area contributed by atoms with E-state index in [1.807, 2.05) is 27.7 Å². The number of fused-ring (bicyclic) bond motifs is 5. The third-order valence-corrected chi connectivity index (χ3v) is 8.03. The maximum Gasteiger partial charge on any atom is 0.254 e. The molecular formula is C30H29N3O3. The zero-order valence-electron chi connectivity index (χ0n) is 20.3. The molecule has 0 radical (unpaired) electrons. The van der Waals surface area contributed by atoms with Crippen molar-refractivity contribution >= 4 is 33.6 Å². The minimum absolute atomic E-state index is 0.0429. The molecule has 7 rings (SSSR count). The van der Waals surface area contributed by atoms with Gasteiger partial charge in [0.15, 0.2) is 0 Å². The number of hydrogen-bond donors (Lipinski definition) is 0. The van der Waals surface area contributed by atoms with Crippen molar-refractivity contribution in [2.75, 3.05) is 32.8 Å². The molecule has 0 N–H and O–H groups in total. The monoisotopic (exact) mass is 479 g/mol. The van der Waals surface area contributed by atoms with E-state index in [1.54, 1.807) is 0 Å². The van der Waals surface area contributed by atoms with Gasteiger partial charge in [-0.05, 0) is 53.3 Å². The van der Waals surface area contributed by atoms with Gasteiger partial charge < -0.3 is 9.64 Å². The summed E-state index contributed by atoms with van der Waals surface area (Å²) < 4.78 is 7.35. The molecule has 0 bridgehead atoms. The molecular weight excluding hydrogens is 450 g/mol. The summed E-state index contributed by atoms with van der Waals surface area (Å²) in [6.07, 6.45) is 2.23. The summed E-state index contributed by atoms with van der Waals surface area (Å²) in [6.45, 7) is 5.22. The van der Waals surface area contributed by atoms with Gasteiger partial charge in [-0.1, -0.05) is 36.4 Å². The number of aryl methyl sites for hydroxylation is 1. The van der Waals surface area contributed by atoms with Gasteiger partial charge in [0.05, 0.1) is 24.2 Å². The van der Waals surface area contributed by atoms with E-state index >= 15 is 0 Å². The first-order valence-corrected chi connectivity index (χ1v) is 13.0. The van der Waals surface area contributed by atoms with Gasteiger partial charge in [-0.3, -0.25) is 19.1 Å². The summed E-state index contributed by atoms with van der Waals surface area (Å²) in [6, 6.07) is 18.9. The highest BCUT2D eigenvalue weighted by atomic mass is 16.5. The van der Waals surface area contributed by atoms with E-state index in [9.17, 15) is 9.59 Å². The van der Waals surface area contributed by atoms with Gasteiger partial charge in [-0.25, -0.2) is 0 Å². The van der Waals surface area contributed by atoms with Crippen LogP contribution in [-0.2, 0) is 30.7 Å². The molecule has 3 aliphatic heterocycles. The molecule has 0 aliphatic carbocycles. The predicted octanol–water partition coefficient (Wildman–Crippen LogP) is 4.41. The molecule has 182 valence electrons. The number of aromatic nitrogens is 1. The van der Waals surface area contributed by atoms with Crippen LogP contribution in [0.15, 0.2) is 54.6 Å². The number of rotatable bonds is 3. The fourth-order valence-corrected chi connectivity index (χ4v) is 6.31. The van der Waals surface area contributed by atoms with Gasteiger partial charge in [0.25, 0.3) is 5.91 Å². The van der Waals surface area contributed by atoms with Crippen molar-refractivity contribution in [3.8, 4) is 0 Å². The fourth-order valence-electron chi connectivity index (χ4n) is 6.31. The Labute approximate surface area is 210 Å². The summed E-state index contributed by atoms with van der Waals surface area (Å²) in [5.41, 5.74) is 7.96. The van der Waals surface area contributed by atoms with E-state index in [0.717, 1.165) is 48.9 Å². The van der Waals surface area contributed by atoms with Crippen molar-refractivity contribution in [3.05, 3.63) is 82.4 Å². The second kappa shape index (κ2) is 8.57. The van der Waals surface area contributed by atoms with Gasteiger partial charge >= 0.3 is 0 Å². The molecule has 1 saturated heterocycles. The second-order valence-electron chi connectivity index (χ2n) is 10.2. The van der Waals surface area contributed by atoms with Crippen LogP contribution in [0.25, 0.3) is 21.8 Å². The quantitative estimate of drug-likeness (QED) is 0.437. The Balaban J connectivity index is 1.35. The third kappa shape index (κ3) is 3.47. The first kappa shape index (κ1) is 21.8. The van der Waals surface area contributed by atoms with Crippen LogP contribution in [0, 0.1) is 0 Å². The largest absolute Gasteiger partial charge is 0.378 e. The summed E-state index contributed by atoms with van der Waals surface area (Å²) in [5.74, 6) is 0.192. The Morgan fingerprint density at radius 2 is 1.72 bits per heavy atom. The second-order valence-corrected chi connectivity index (χ2v) is 10.2. The first-order valence-electron chi connectivity index (χ1n) is 13.0. The molecule has 4 aromatic rings. The molecule has 0 unspecified atom stereocenters. The first-order chi connectivity index (χ1) is 17.7. The topological polar surface area (TPSA) is 54.8 Å². The van der Waals surface area contributed by atoms with Gasteiger partial charge in [-0.2, -0.15) is 0 Å². The third-order valence-electron chi connectivity index (χ3n) is 8.03. The molecule has 36 heavy (non-hydrogen) atoms. The molecule has 3 aromatic carbocycles. The lowest BCUT2D eigenvalue weighted by molar-refractivity contribution is 0.0303. The zero-order chi connectivity index (χ0) is 24.2. The number of amides is 1. The van der Waals surface area contributed by atoms with Crippen LogP contribution >= 0.6 is 0 Å². The molecule has 6 heteroatoms. The Morgan fingerprint density at radius 1 is 0.889 bits per heavy atom. The van der Waals surface area contributed by atoms with Crippen molar-refractivity contribution in [3.63, 3.8) is 0 Å². The Hall–Kier alpha value is -3.48. The average Bonchev–Trinajstić information content (AvgIpc) is 3.27. The van der Waals surface area contributed by atoms with Crippen molar-refractivity contribution < 1.29 is 14.3 Å². The summed E-state index contributed by atoms with van der Waals surface area (Å²) in [5, 5.41) is 2.22. The fraction of sp³-hybridized carbons (Fsp3) is 0.333. The maximum absolute atomic E-state index is 13.3. The summed E-state index contributed by atoms with van der Waals surface area (Å²) in [7, 11) is 0.